The molecule has 2 saturated heterocycles. The van der Waals surface area contributed by atoms with E-state index < -0.39 is 36.4 Å². The maximum Gasteiger partial charge on any atom is 0.338 e. The summed E-state index contributed by atoms with van der Waals surface area (Å²) in [5.74, 6) is -1.19. The largest absolute Gasteiger partial charge is 0.453 e. The second kappa shape index (κ2) is 6.20. The minimum atomic E-state index is -0.781. The Kier molecular flexibility index (Phi) is 4.42. The van der Waals surface area contributed by atoms with Crippen LogP contribution in [0.2, 0.25) is 0 Å². The molecule has 1 aromatic rings. The van der Waals surface area contributed by atoms with Crippen molar-refractivity contribution in [2.24, 2.45) is 0 Å². The van der Waals surface area contributed by atoms with Gasteiger partial charge in [0, 0.05) is 7.11 Å². The summed E-state index contributed by atoms with van der Waals surface area (Å²) >= 11 is 0. The van der Waals surface area contributed by atoms with E-state index in [4.69, 9.17) is 23.7 Å². The van der Waals surface area contributed by atoms with Gasteiger partial charge in [0.1, 0.15) is 12.2 Å². The number of hydrogen-bond donors (Lipinski definition) is 0. The zero-order valence-electron chi connectivity index (χ0n) is 13.7. The summed E-state index contributed by atoms with van der Waals surface area (Å²) in [6.45, 7) is 5.47. The summed E-state index contributed by atoms with van der Waals surface area (Å²) in [6.07, 6.45) is -2.37. The Morgan fingerprint density at radius 2 is 1.78 bits per heavy atom. The SMILES string of the molecule is CO[C@@H]1O[C@@H](C)[C@H](OC(=O)c2ccccc2)[C@H]2OC(C)(C)O[C@@H]12. The van der Waals surface area contributed by atoms with Crippen LogP contribution in [0, 0.1) is 0 Å². The Balaban J connectivity index is 1.79. The van der Waals surface area contributed by atoms with E-state index in [1.165, 1.54) is 0 Å². The van der Waals surface area contributed by atoms with E-state index in [9.17, 15) is 4.79 Å². The topological polar surface area (TPSA) is 63.2 Å². The van der Waals surface area contributed by atoms with Crippen LogP contribution in [0.4, 0.5) is 0 Å². The molecule has 0 saturated carbocycles. The first-order valence-corrected chi connectivity index (χ1v) is 7.71. The van der Waals surface area contributed by atoms with E-state index >= 15 is 0 Å². The number of carbonyl (C=O) groups excluding carboxylic acids is 1. The molecule has 0 N–H and O–H groups in total. The molecular weight excluding hydrogens is 300 g/mol. The number of carbonyl (C=O) groups is 1. The summed E-state index contributed by atoms with van der Waals surface area (Å²) in [5, 5.41) is 0. The third kappa shape index (κ3) is 3.26. The van der Waals surface area contributed by atoms with Crippen molar-refractivity contribution in [3.63, 3.8) is 0 Å². The van der Waals surface area contributed by atoms with Crippen molar-refractivity contribution in [2.75, 3.05) is 7.11 Å². The Bertz CT molecular complexity index is 557. The average Bonchev–Trinajstić information content (AvgIpc) is 2.86. The van der Waals surface area contributed by atoms with Crippen LogP contribution in [0.15, 0.2) is 30.3 Å². The van der Waals surface area contributed by atoms with Crippen molar-refractivity contribution < 1.29 is 28.5 Å². The standard InChI is InChI=1S/C17H22O6/c1-10-12(21-15(18)11-8-6-5-7-9-11)13-14(16(19-4)20-10)23-17(2,3)22-13/h5-10,12-14,16H,1-4H3/t10-,12-,13+,14+,16+/m0/s1. The van der Waals surface area contributed by atoms with Crippen LogP contribution in [0.25, 0.3) is 0 Å². The molecular formula is C17H22O6. The number of hydrogen-bond acceptors (Lipinski definition) is 6. The molecule has 126 valence electrons. The van der Waals surface area contributed by atoms with E-state index in [2.05, 4.69) is 0 Å². The minimum Gasteiger partial charge on any atom is -0.453 e. The molecule has 0 amide bonds. The molecule has 2 fully saturated rings. The van der Waals surface area contributed by atoms with Gasteiger partial charge in [0.25, 0.3) is 0 Å². The highest BCUT2D eigenvalue weighted by molar-refractivity contribution is 5.89. The average molecular weight is 322 g/mol. The van der Waals surface area contributed by atoms with E-state index in [0.717, 1.165) is 0 Å². The van der Waals surface area contributed by atoms with E-state index in [0.29, 0.717) is 5.56 Å². The molecule has 6 nitrogen and oxygen atoms in total. The summed E-state index contributed by atoms with van der Waals surface area (Å²) in [4.78, 5) is 12.4. The van der Waals surface area contributed by atoms with E-state index in [-0.39, 0.29) is 6.10 Å². The highest BCUT2D eigenvalue weighted by Gasteiger charge is 2.56. The lowest BCUT2D eigenvalue weighted by Crippen LogP contribution is -2.57. The Morgan fingerprint density at radius 1 is 1.13 bits per heavy atom. The van der Waals surface area contributed by atoms with Gasteiger partial charge in [0.2, 0.25) is 0 Å². The van der Waals surface area contributed by atoms with Gasteiger partial charge in [-0.05, 0) is 32.9 Å². The molecule has 0 bridgehead atoms. The first-order valence-electron chi connectivity index (χ1n) is 7.71. The third-order valence-corrected chi connectivity index (χ3v) is 4.05. The van der Waals surface area contributed by atoms with E-state index in [1.54, 1.807) is 31.4 Å². The second-order valence-electron chi connectivity index (χ2n) is 6.25. The molecule has 0 unspecified atom stereocenters. The number of esters is 1. The number of methoxy groups -OCH3 is 1. The first kappa shape index (κ1) is 16.4. The van der Waals surface area contributed by atoms with Gasteiger partial charge in [-0.15, -0.1) is 0 Å². The van der Waals surface area contributed by atoms with Crippen LogP contribution in [0.1, 0.15) is 31.1 Å². The van der Waals surface area contributed by atoms with Crippen molar-refractivity contribution in [1.29, 1.82) is 0 Å². The normalized spacial score (nSPS) is 35.6. The molecule has 0 aliphatic carbocycles. The fourth-order valence-corrected chi connectivity index (χ4v) is 3.03. The van der Waals surface area contributed by atoms with Crippen LogP contribution in [0.3, 0.4) is 0 Å². The van der Waals surface area contributed by atoms with Crippen LogP contribution < -0.4 is 0 Å². The Hall–Kier alpha value is -1.47. The highest BCUT2D eigenvalue weighted by atomic mass is 16.8. The fourth-order valence-electron chi connectivity index (χ4n) is 3.03. The lowest BCUT2D eigenvalue weighted by atomic mass is 9.99. The molecule has 6 heteroatoms. The van der Waals surface area contributed by atoms with Gasteiger partial charge in [-0.3, -0.25) is 0 Å². The number of ether oxygens (including phenoxy) is 5. The molecule has 0 radical (unpaired) electrons. The predicted octanol–water partition coefficient (Wildman–Crippen LogP) is 2.12. The number of benzene rings is 1. The lowest BCUT2D eigenvalue weighted by molar-refractivity contribution is -0.262. The minimum absolute atomic E-state index is 0.369. The molecule has 1 aromatic carbocycles. The van der Waals surface area contributed by atoms with Crippen LogP contribution in [0.5, 0.6) is 0 Å². The summed E-state index contributed by atoms with van der Waals surface area (Å²) in [6, 6.07) is 8.85. The molecule has 5 atom stereocenters. The molecule has 2 aliphatic heterocycles. The van der Waals surface area contributed by atoms with Gasteiger partial charge < -0.3 is 23.7 Å². The van der Waals surface area contributed by atoms with E-state index in [1.807, 2.05) is 26.8 Å². The Labute approximate surface area is 135 Å². The maximum atomic E-state index is 12.4. The molecule has 2 aliphatic rings. The molecule has 3 rings (SSSR count). The van der Waals surface area contributed by atoms with Gasteiger partial charge in [-0.25, -0.2) is 4.79 Å². The quantitative estimate of drug-likeness (QED) is 0.794. The van der Waals surface area contributed by atoms with Crippen LogP contribution in [-0.2, 0) is 23.7 Å². The van der Waals surface area contributed by atoms with Crippen LogP contribution >= 0.6 is 0 Å². The lowest BCUT2D eigenvalue weighted by Gasteiger charge is -2.39. The number of rotatable bonds is 3. The van der Waals surface area contributed by atoms with Crippen LogP contribution in [-0.4, -0.2) is 49.6 Å². The molecule has 23 heavy (non-hydrogen) atoms. The zero-order valence-corrected chi connectivity index (χ0v) is 13.7. The van der Waals surface area contributed by atoms with Gasteiger partial charge in [0.05, 0.1) is 11.7 Å². The number of fused-ring (bicyclic) bond motifs is 1. The maximum absolute atomic E-state index is 12.4. The molecule has 2 heterocycles. The van der Waals surface area contributed by atoms with Crippen molar-refractivity contribution >= 4 is 5.97 Å². The van der Waals surface area contributed by atoms with Crippen molar-refractivity contribution in [1.82, 2.24) is 0 Å². The zero-order chi connectivity index (χ0) is 16.6. The highest BCUT2D eigenvalue weighted by Crippen LogP contribution is 2.38. The third-order valence-electron chi connectivity index (χ3n) is 4.05. The first-order chi connectivity index (χ1) is 10.9. The summed E-state index contributed by atoms with van der Waals surface area (Å²) in [7, 11) is 1.55. The van der Waals surface area contributed by atoms with Crippen molar-refractivity contribution in [3.8, 4) is 0 Å². The van der Waals surface area contributed by atoms with Gasteiger partial charge in [-0.1, -0.05) is 18.2 Å². The molecule has 0 spiro atoms. The molecule has 0 aromatic heterocycles. The summed E-state index contributed by atoms with van der Waals surface area (Å²) < 4.78 is 28.6. The second-order valence-corrected chi connectivity index (χ2v) is 6.25. The van der Waals surface area contributed by atoms with Gasteiger partial charge in [-0.2, -0.15) is 0 Å². The van der Waals surface area contributed by atoms with Gasteiger partial charge in [0.15, 0.2) is 18.2 Å². The summed E-state index contributed by atoms with van der Waals surface area (Å²) in [5.41, 5.74) is 0.489. The fraction of sp³-hybridized carbons (Fsp3) is 0.588. The van der Waals surface area contributed by atoms with Crippen molar-refractivity contribution in [3.05, 3.63) is 35.9 Å². The smallest absolute Gasteiger partial charge is 0.338 e. The monoisotopic (exact) mass is 322 g/mol. The Morgan fingerprint density at radius 3 is 2.43 bits per heavy atom. The van der Waals surface area contributed by atoms with Gasteiger partial charge >= 0.3 is 5.97 Å². The van der Waals surface area contributed by atoms with Crippen molar-refractivity contribution in [2.45, 2.75) is 57.3 Å². The predicted molar refractivity (Wildman–Crippen MR) is 80.8 cm³/mol.